The van der Waals surface area contributed by atoms with E-state index in [1.807, 2.05) is 4.68 Å². The molecule has 0 saturated carbocycles. The molecule has 0 amide bonds. The summed E-state index contributed by atoms with van der Waals surface area (Å²) in [7, 11) is 0. The maximum atomic E-state index is 5.16. The molecule has 2 nitrogen and oxygen atoms in total. The average molecular weight is 184 g/mol. The summed E-state index contributed by atoms with van der Waals surface area (Å²) in [5, 5.41) is 3.27. The molecule has 1 aromatic heterocycles. The van der Waals surface area contributed by atoms with Gasteiger partial charge >= 0.3 is 0 Å². The first-order chi connectivity index (χ1) is 5.63. The van der Waals surface area contributed by atoms with Crippen LogP contribution in [0.3, 0.4) is 0 Å². The smallest absolute Gasteiger partial charge is 0.122 e. The monoisotopic (exact) mass is 184 g/mol. The average Bonchev–Trinajstić information content (AvgIpc) is 2.29. The fourth-order valence-electron chi connectivity index (χ4n) is 1.27. The van der Waals surface area contributed by atoms with E-state index in [0.717, 1.165) is 17.6 Å². The predicted octanol–water partition coefficient (Wildman–Crippen LogP) is 2.76. The minimum atomic E-state index is 0.684. The van der Waals surface area contributed by atoms with E-state index in [-0.39, 0.29) is 0 Å². The highest BCUT2D eigenvalue weighted by Crippen LogP contribution is 2.06. The van der Waals surface area contributed by atoms with Crippen LogP contribution in [-0.2, 0) is 13.0 Å². The van der Waals surface area contributed by atoms with Crippen LogP contribution in [0, 0.1) is 10.6 Å². The van der Waals surface area contributed by atoms with Gasteiger partial charge in [-0.2, -0.15) is 0 Å². The van der Waals surface area contributed by atoms with Crippen LogP contribution in [0.4, 0.5) is 0 Å². The quantitative estimate of drug-likeness (QED) is 0.716. The summed E-state index contributed by atoms with van der Waals surface area (Å²) in [6, 6.07) is 2.05. The van der Waals surface area contributed by atoms with Crippen LogP contribution in [0.15, 0.2) is 6.07 Å². The number of nitrogens with one attached hydrogen (secondary N) is 1. The molecule has 1 N–H and O–H groups in total. The molecule has 0 bridgehead atoms. The third kappa shape index (κ3) is 2.21. The molecule has 0 aromatic carbocycles. The maximum absolute atomic E-state index is 5.16. The predicted molar refractivity (Wildman–Crippen MR) is 53.8 cm³/mol. The van der Waals surface area contributed by atoms with E-state index in [0.29, 0.717) is 5.92 Å². The summed E-state index contributed by atoms with van der Waals surface area (Å²) in [4.78, 5) is 0. The number of hydrogen-bond donors (Lipinski definition) is 1. The number of aromatic nitrogens is 2. The molecule has 0 radical (unpaired) electrons. The zero-order chi connectivity index (χ0) is 9.14. The third-order valence-electron chi connectivity index (χ3n) is 1.79. The van der Waals surface area contributed by atoms with Gasteiger partial charge in [-0.05, 0) is 25.3 Å². The van der Waals surface area contributed by atoms with Gasteiger partial charge in [0.1, 0.15) is 4.64 Å². The number of hydrogen-bond acceptors (Lipinski definition) is 1. The molecule has 1 heterocycles. The van der Waals surface area contributed by atoms with Gasteiger partial charge < -0.3 is 5.10 Å². The summed E-state index contributed by atoms with van der Waals surface area (Å²) >= 11 is 5.16. The van der Waals surface area contributed by atoms with Crippen LogP contribution in [0.1, 0.15) is 26.5 Å². The fraction of sp³-hybridized carbons (Fsp3) is 0.667. The van der Waals surface area contributed by atoms with Gasteiger partial charge in [0.15, 0.2) is 0 Å². The number of H-pyrrole nitrogens is 1. The minimum Gasteiger partial charge on any atom is -0.302 e. The van der Waals surface area contributed by atoms with Crippen LogP contribution >= 0.6 is 12.2 Å². The molecular formula is C9H16N2S. The van der Waals surface area contributed by atoms with Crippen molar-refractivity contribution in [3.05, 3.63) is 16.4 Å². The summed E-state index contributed by atoms with van der Waals surface area (Å²) < 4.78 is 2.90. The van der Waals surface area contributed by atoms with Crippen LogP contribution in [0.5, 0.6) is 0 Å². The SMILES string of the molecule is CCn1[nH]c(CC(C)C)cc1=S. The zero-order valence-electron chi connectivity index (χ0n) is 7.92. The molecule has 12 heavy (non-hydrogen) atoms. The van der Waals surface area contributed by atoms with E-state index in [9.17, 15) is 0 Å². The van der Waals surface area contributed by atoms with Crippen LogP contribution in [-0.4, -0.2) is 9.78 Å². The Morgan fingerprint density at radius 2 is 2.25 bits per heavy atom. The molecule has 3 heteroatoms. The molecule has 0 atom stereocenters. The second-order valence-electron chi connectivity index (χ2n) is 3.46. The fourth-order valence-corrected chi connectivity index (χ4v) is 1.58. The van der Waals surface area contributed by atoms with Gasteiger partial charge in [0.25, 0.3) is 0 Å². The lowest BCUT2D eigenvalue weighted by molar-refractivity contribution is 0.597. The Morgan fingerprint density at radius 3 is 2.67 bits per heavy atom. The topological polar surface area (TPSA) is 20.7 Å². The lowest BCUT2D eigenvalue weighted by atomic mass is 10.1. The summed E-state index contributed by atoms with van der Waals surface area (Å²) in [6.07, 6.45) is 1.08. The zero-order valence-corrected chi connectivity index (χ0v) is 8.74. The van der Waals surface area contributed by atoms with Crippen LogP contribution in [0.25, 0.3) is 0 Å². The van der Waals surface area contributed by atoms with Gasteiger partial charge in [-0.25, -0.2) is 0 Å². The lowest BCUT2D eigenvalue weighted by Crippen LogP contribution is -1.99. The van der Waals surface area contributed by atoms with Crippen molar-refractivity contribution in [3.63, 3.8) is 0 Å². The molecule has 0 saturated heterocycles. The molecule has 1 aromatic rings. The van der Waals surface area contributed by atoms with Gasteiger partial charge in [-0.15, -0.1) is 0 Å². The highest BCUT2D eigenvalue weighted by molar-refractivity contribution is 7.71. The Morgan fingerprint density at radius 1 is 1.58 bits per heavy atom. The normalized spacial score (nSPS) is 11.0. The second-order valence-corrected chi connectivity index (χ2v) is 3.88. The van der Waals surface area contributed by atoms with E-state index < -0.39 is 0 Å². The lowest BCUT2D eigenvalue weighted by Gasteiger charge is -2.01. The molecule has 0 aliphatic rings. The summed E-state index contributed by atoms with van der Waals surface area (Å²) in [5.41, 5.74) is 1.25. The molecule has 1 rings (SSSR count). The van der Waals surface area contributed by atoms with Crippen LogP contribution < -0.4 is 0 Å². The van der Waals surface area contributed by atoms with Gasteiger partial charge in [-0.1, -0.05) is 26.1 Å². The van der Waals surface area contributed by atoms with Crippen LogP contribution in [0.2, 0.25) is 0 Å². The molecule has 0 aliphatic heterocycles. The van der Waals surface area contributed by atoms with Crippen molar-refractivity contribution < 1.29 is 0 Å². The van der Waals surface area contributed by atoms with Crippen molar-refractivity contribution >= 4 is 12.2 Å². The third-order valence-corrected chi connectivity index (χ3v) is 2.12. The second kappa shape index (κ2) is 3.90. The summed E-state index contributed by atoms with van der Waals surface area (Å²) in [6.45, 7) is 7.43. The van der Waals surface area contributed by atoms with Crippen molar-refractivity contribution in [1.82, 2.24) is 9.78 Å². The van der Waals surface area contributed by atoms with Crippen molar-refractivity contribution in [3.8, 4) is 0 Å². The van der Waals surface area contributed by atoms with E-state index in [1.54, 1.807) is 0 Å². The van der Waals surface area contributed by atoms with Crippen molar-refractivity contribution in [2.24, 2.45) is 5.92 Å². The minimum absolute atomic E-state index is 0.684. The first kappa shape index (κ1) is 9.52. The standard InChI is InChI=1S/C9H16N2S/c1-4-11-9(12)6-8(10-11)5-7(2)3/h6-7,10H,4-5H2,1-3H3. The molecule has 0 spiro atoms. The molecule has 0 aliphatic carbocycles. The van der Waals surface area contributed by atoms with Gasteiger partial charge in [0.2, 0.25) is 0 Å². The first-order valence-corrected chi connectivity index (χ1v) is 4.83. The Kier molecular flexibility index (Phi) is 3.09. The Hall–Kier alpha value is -0.570. The van der Waals surface area contributed by atoms with E-state index in [2.05, 4.69) is 31.9 Å². The Balaban J connectivity index is 2.82. The van der Waals surface area contributed by atoms with Gasteiger partial charge in [-0.3, -0.25) is 4.68 Å². The van der Waals surface area contributed by atoms with Crippen molar-refractivity contribution in [2.75, 3.05) is 0 Å². The maximum Gasteiger partial charge on any atom is 0.122 e. The van der Waals surface area contributed by atoms with Crippen molar-refractivity contribution in [2.45, 2.75) is 33.7 Å². The molecule has 68 valence electrons. The highest BCUT2D eigenvalue weighted by Gasteiger charge is 2.00. The highest BCUT2D eigenvalue weighted by atomic mass is 32.1. The number of aryl methyl sites for hydroxylation is 1. The Labute approximate surface area is 78.6 Å². The van der Waals surface area contributed by atoms with E-state index in [4.69, 9.17) is 12.2 Å². The van der Waals surface area contributed by atoms with Gasteiger partial charge in [0.05, 0.1) is 0 Å². The molecular weight excluding hydrogens is 168 g/mol. The molecule has 0 unspecified atom stereocenters. The van der Waals surface area contributed by atoms with E-state index in [1.165, 1.54) is 5.69 Å². The van der Waals surface area contributed by atoms with Crippen molar-refractivity contribution in [1.29, 1.82) is 0 Å². The van der Waals surface area contributed by atoms with E-state index >= 15 is 0 Å². The number of nitrogens with zero attached hydrogens (tertiary/aromatic N) is 1. The number of rotatable bonds is 3. The summed E-state index contributed by atoms with van der Waals surface area (Å²) in [5.74, 6) is 0.684. The Bertz CT molecular complexity index is 296. The first-order valence-electron chi connectivity index (χ1n) is 4.42. The van der Waals surface area contributed by atoms with Gasteiger partial charge in [0, 0.05) is 12.2 Å². The number of aromatic amines is 1. The molecule has 0 fully saturated rings. The largest absolute Gasteiger partial charge is 0.302 e.